The fourth-order valence-corrected chi connectivity index (χ4v) is 1.41. The molecule has 0 aliphatic rings. The molecule has 0 saturated carbocycles. The second-order valence-corrected chi connectivity index (χ2v) is 3.81. The second kappa shape index (κ2) is 5.38. The third kappa shape index (κ3) is 2.97. The highest BCUT2D eigenvalue weighted by atomic mass is 79.9. The predicted molar refractivity (Wildman–Crippen MR) is 59.2 cm³/mol. The zero-order valence-corrected chi connectivity index (χ0v) is 9.78. The van der Waals surface area contributed by atoms with Crippen LogP contribution >= 0.6 is 15.9 Å². The number of halogens is 1. The van der Waals surface area contributed by atoms with Crippen molar-refractivity contribution in [2.45, 2.75) is 19.4 Å². The first-order valence-electron chi connectivity index (χ1n) is 4.47. The van der Waals surface area contributed by atoms with Crippen LogP contribution in [0.2, 0.25) is 0 Å². The van der Waals surface area contributed by atoms with E-state index in [0.717, 1.165) is 4.47 Å². The Labute approximate surface area is 97.0 Å². The van der Waals surface area contributed by atoms with Gasteiger partial charge in [-0.1, -0.05) is 22.9 Å². The van der Waals surface area contributed by atoms with E-state index in [1.54, 1.807) is 18.2 Å². The average molecular weight is 265 g/mol. The first-order valence-corrected chi connectivity index (χ1v) is 5.26. The van der Waals surface area contributed by atoms with Crippen molar-refractivity contribution in [2.24, 2.45) is 0 Å². The lowest BCUT2D eigenvalue weighted by atomic mass is 10.2. The monoisotopic (exact) mass is 264 g/mol. The molecule has 0 saturated heterocycles. The van der Waals surface area contributed by atoms with Gasteiger partial charge >= 0.3 is 0 Å². The Bertz CT molecular complexity index is 431. The highest BCUT2D eigenvalue weighted by molar-refractivity contribution is 9.10. The maximum Gasteiger partial charge on any atom is 0.184 e. The second-order valence-electron chi connectivity index (χ2n) is 2.90. The van der Waals surface area contributed by atoms with Crippen LogP contribution in [0.3, 0.4) is 0 Å². The molecule has 1 aromatic carbocycles. The molecule has 0 N–H and O–H groups in total. The zero-order valence-electron chi connectivity index (χ0n) is 8.20. The number of benzene rings is 1. The van der Waals surface area contributed by atoms with Crippen molar-refractivity contribution in [1.29, 1.82) is 10.5 Å². The van der Waals surface area contributed by atoms with Crippen LogP contribution in [0, 0.1) is 22.7 Å². The van der Waals surface area contributed by atoms with Crippen LogP contribution in [-0.2, 0) is 0 Å². The van der Waals surface area contributed by atoms with Crippen LogP contribution in [0.25, 0.3) is 0 Å². The SMILES string of the molecule is CCC(C#N)Oc1ccc(Br)cc1C#N. The van der Waals surface area contributed by atoms with Gasteiger partial charge in [-0.2, -0.15) is 10.5 Å². The smallest absolute Gasteiger partial charge is 0.184 e. The van der Waals surface area contributed by atoms with Gasteiger partial charge in [0.15, 0.2) is 6.10 Å². The molecule has 0 fully saturated rings. The van der Waals surface area contributed by atoms with Crippen LogP contribution in [0.5, 0.6) is 5.75 Å². The molecule has 0 amide bonds. The Kier molecular flexibility index (Phi) is 4.15. The molecular formula is C11H9BrN2O. The Morgan fingerprint density at radius 1 is 1.47 bits per heavy atom. The average Bonchev–Trinajstić information content (AvgIpc) is 2.27. The maximum atomic E-state index is 8.87. The van der Waals surface area contributed by atoms with E-state index in [9.17, 15) is 0 Å². The van der Waals surface area contributed by atoms with Crippen molar-refractivity contribution >= 4 is 15.9 Å². The van der Waals surface area contributed by atoms with Gasteiger partial charge in [0, 0.05) is 4.47 Å². The molecule has 76 valence electrons. The molecule has 4 heteroatoms. The summed E-state index contributed by atoms with van der Waals surface area (Å²) >= 11 is 3.27. The number of rotatable bonds is 3. The van der Waals surface area contributed by atoms with E-state index in [1.165, 1.54) is 0 Å². The summed E-state index contributed by atoms with van der Waals surface area (Å²) in [5, 5.41) is 17.6. The van der Waals surface area contributed by atoms with E-state index in [-0.39, 0.29) is 0 Å². The summed E-state index contributed by atoms with van der Waals surface area (Å²) in [6.45, 7) is 1.86. The van der Waals surface area contributed by atoms with Crippen molar-refractivity contribution in [2.75, 3.05) is 0 Å². The molecule has 1 aromatic rings. The molecule has 3 nitrogen and oxygen atoms in total. The standard InChI is InChI=1S/C11H9BrN2O/c1-2-10(7-14)15-11-4-3-9(12)5-8(11)6-13/h3-5,10H,2H2,1H3. The Morgan fingerprint density at radius 3 is 2.73 bits per heavy atom. The molecule has 0 radical (unpaired) electrons. The Balaban J connectivity index is 2.96. The third-order valence-electron chi connectivity index (χ3n) is 1.85. The Hall–Kier alpha value is -1.52. The van der Waals surface area contributed by atoms with Gasteiger partial charge in [0.1, 0.15) is 17.9 Å². The highest BCUT2D eigenvalue weighted by Crippen LogP contribution is 2.23. The summed E-state index contributed by atoms with van der Waals surface area (Å²) in [5.74, 6) is 0.453. The highest BCUT2D eigenvalue weighted by Gasteiger charge is 2.10. The molecular weight excluding hydrogens is 256 g/mol. The molecule has 0 spiro atoms. The van der Waals surface area contributed by atoms with Gasteiger partial charge in [0.2, 0.25) is 0 Å². The summed E-state index contributed by atoms with van der Waals surface area (Å²) in [6.07, 6.45) is 0.0931. The van der Waals surface area contributed by atoms with Gasteiger partial charge < -0.3 is 4.74 Å². The summed E-state index contributed by atoms with van der Waals surface area (Å²) < 4.78 is 6.20. The van der Waals surface area contributed by atoms with Gasteiger partial charge in [0.25, 0.3) is 0 Å². The van der Waals surface area contributed by atoms with Crippen molar-refractivity contribution in [3.8, 4) is 17.9 Å². The van der Waals surface area contributed by atoms with Crippen molar-refractivity contribution in [3.05, 3.63) is 28.2 Å². The minimum Gasteiger partial charge on any atom is -0.474 e. The maximum absolute atomic E-state index is 8.87. The van der Waals surface area contributed by atoms with Gasteiger partial charge in [-0.05, 0) is 24.6 Å². The first kappa shape index (κ1) is 11.6. The van der Waals surface area contributed by atoms with Crippen LogP contribution in [0.15, 0.2) is 22.7 Å². The number of hydrogen-bond acceptors (Lipinski definition) is 3. The predicted octanol–water partition coefficient (Wildman–Crippen LogP) is 3.00. The fraction of sp³-hybridized carbons (Fsp3) is 0.273. The summed E-state index contributed by atoms with van der Waals surface area (Å²) in [6, 6.07) is 9.18. The van der Waals surface area contributed by atoms with E-state index in [4.69, 9.17) is 15.3 Å². The van der Waals surface area contributed by atoms with Crippen LogP contribution in [-0.4, -0.2) is 6.10 Å². The summed E-state index contributed by atoms with van der Waals surface area (Å²) in [7, 11) is 0. The number of nitrogens with zero attached hydrogens (tertiary/aromatic N) is 2. The number of ether oxygens (including phenoxy) is 1. The molecule has 0 aliphatic carbocycles. The molecule has 15 heavy (non-hydrogen) atoms. The lowest BCUT2D eigenvalue weighted by molar-refractivity contribution is 0.251. The van der Waals surface area contributed by atoms with E-state index in [2.05, 4.69) is 15.9 Å². The molecule has 0 aliphatic heterocycles. The van der Waals surface area contributed by atoms with Gasteiger partial charge in [-0.3, -0.25) is 0 Å². The minimum absolute atomic E-state index is 0.429. The number of hydrogen-bond donors (Lipinski definition) is 0. The van der Waals surface area contributed by atoms with Crippen molar-refractivity contribution in [1.82, 2.24) is 0 Å². The zero-order chi connectivity index (χ0) is 11.3. The van der Waals surface area contributed by atoms with Crippen molar-refractivity contribution in [3.63, 3.8) is 0 Å². The van der Waals surface area contributed by atoms with Gasteiger partial charge in [0.05, 0.1) is 5.56 Å². The Morgan fingerprint density at radius 2 is 2.20 bits per heavy atom. The molecule has 0 heterocycles. The van der Waals surface area contributed by atoms with Gasteiger partial charge in [-0.15, -0.1) is 0 Å². The van der Waals surface area contributed by atoms with E-state index in [0.29, 0.717) is 17.7 Å². The quantitative estimate of drug-likeness (QED) is 0.844. The van der Waals surface area contributed by atoms with Crippen LogP contribution < -0.4 is 4.74 Å². The molecule has 1 rings (SSSR count). The summed E-state index contributed by atoms with van der Waals surface area (Å²) in [5.41, 5.74) is 0.429. The summed E-state index contributed by atoms with van der Waals surface area (Å²) in [4.78, 5) is 0. The number of nitriles is 2. The molecule has 0 aromatic heterocycles. The van der Waals surface area contributed by atoms with Crippen molar-refractivity contribution < 1.29 is 4.74 Å². The first-order chi connectivity index (χ1) is 7.21. The normalized spacial score (nSPS) is 11.2. The van der Waals surface area contributed by atoms with E-state index < -0.39 is 6.10 Å². The molecule has 0 bridgehead atoms. The topological polar surface area (TPSA) is 56.8 Å². The fourth-order valence-electron chi connectivity index (χ4n) is 1.05. The van der Waals surface area contributed by atoms with E-state index >= 15 is 0 Å². The lowest BCUT2D eigenvalue weighted by Gasteiger charge is -2.11. The minimum atomic E-state index is -0.502. The van der Waals surface area contributed by atoms with Crippen LogP contribution in [0.1, 0.15) is 18.9 Å². The van der Waals surface area contributed by atoms with Gasteiger partial charge in [-0.25, -0.2) is 0 Å². The van der Waals surface area contributed by atoms with E-state index in [1.807, 2.05) is 19.1 Å². The third-order valence-corrected chi connectivity index (χ3v) is 2.34. The molecule has 1 unspecified atom stereocenters. The van der Waals surface area contributed by atoms with Crippen LogP contribution in [0.4, 0.5) is 0 Å². The lowest BCUT2D eigenvalue weighted by Crippen LogP contribution is -2.12. The largest absolute Gasteiger partial charge is 0.474 e. The molecule has 1 atom stereocenters.